The van der Waals surface area contributed by atoms with Crippen LogP contribution in [0.1, 0.15) is 12.6 Å². The zero-order valence-electron chi connectivity index (χ0n) is 14.1. The van der Waals surface area contributed by atoms with Gasteiger partial charge in [0.25, 0.3) is 0 Å². The van der Waals surface area contributed by atoms with Gasteiger partial charge in [0.2, 0.25) is 0 Å². The van der Waals surface area contributed by atoms with Crippen LogP contribution in [0.25, 0.3) is 22.3 Å². The van der Waals surface area contributed by atoms with Crippen LogP contribution in [0.4, 0.5) is 16.0 Å². The number of pyridine rings is 2. The Balaban J connectivity index is 0.00000210. The first-order valence-corrected chi connectivity index (χ1v) is 8.40. The lowest BCUT2D eigenvalue weighted by atomic mass is 10.0. The number of H-pyrrole nitrogens is 1. The Kier molecular flexibility index (Phi) is 4.05. The minimum absolute atomic E-state index is 0. The van der Waals surface area contributed by atoms with Crippen LogP contribution < -0.4 is 5.32 Å². The van der Waals surface area contributed by atoms with E-state index >= 15 is 0 Å². The smallest absolute Gasteiger partial charge is 0.183 e. The third-order valence-corrected chi connectivity index (χ3v) is 4.62. The van der Waals surface area contributed by atoms with E-state index in [0.29, 0.717) is 27.7 Å². The fourth-order valence-corrected chi connectivity index (χ4v) is 3.04. The monoisotopic (exact) mass is 369 g/mol. The van der Waals surface area contributed by atoms with Crippen molar-refractivity contribution in [3.8, 4) is 11.3 Å². The van der Waals surface area contributed by atoms with E-state index < -0.39 is 5.82 Å². The lowest BCUT2D eigenvalue weighted by Crippen LogP contribution is -2.00. The molecule has 3 aromatic heterocycles. The first-order chi connectivity index (χ1) is 12.5. The van der Waals surface area contributed by atoms with Crippen molar-refractivity contribution in [3.63, 3.8) is 0 Å². The van der Waals surface area contributed by atoms with Crippen LogP contribution in [-0.2, 0) is 0 Å². The molecule has 4 aromatic rings. The molecule has 0 saturated carbocycles. The second-order valence-corrected chi connectivity index (χ2v) is 6.43. The zero-order valence-corrected chi connectivity index (χ0v) is 14.9. The molecular formula is C19H17ClFN5. The summed E-state index contributed by atoms with van der Waals surface area (Å²) in [5, 5.41) is 11.3. The molecule has 0 aliphatic rings. The largest absolute Gasteiger partial charge is 0.325 e. The Labute approximate surface area is 155 Å². The molecule has 0 fully saturated rings. The molecule has 0 aliphatic heterocycles. The Bertz CT molecular complexity index is 1130. The van der Waals surface area contributed by atoms with Crippen molar-refractivity contribution < 1.29 is 5.82 Å². The van der Waals surface area contributed by atoms with Gasteiger partial charge in [-0.1, -0.05) is 29.8 Å². The third kappa shape index (κ3) is 2.88. The minimum atomic E-state index is -0.424. The van der Waals surface area contributed by atoms with Crippen molar-refractivity contribution in [2.45, 2.75) is 13.8 Å². The average Bonchev–Trinajstić information content (AvgIpc) is 3.01. The van der Waals surface area contributed by atoms with Crippen LogP contribution in [0.2, 0.25) is 5.02 Å². The van der Waals surface area contributed by atoms with Gasteiger partial charge < -0.3 is 5.32 Å². The average molecular weight is 370 g/mol. The molecule has 0 atom stereocenters. The fourth-order valence-electron chi connectivity index (χ4n) is 2.81. The number of rotatable bonds is 3. The molecule has 0 bridgehead atoms. The Hall–Kier alpha value is -2.99. The molecule has 0 radical (unpaired) electrons. The number of hydrogen-bond donors (Lipinski definition) is 2. The minimum Gasteiger partial charge on any atom is -0.325 e. The van der Waals surface area contributed by atoms with Crippen LogP contribution in [0.15, 0.2) is 42.6 Å². The fraction of sp³-hybridized carbons (Fsp3) is 0.105. The van der Waals surface area contributed by atoms with Crippen molar-refractivity contribution >= 4 is 34.3 Å². The first kappa shape index (κ1) is 16.5. The van der Waals surface area contributed by atoms with Gasteiger partial charge in [-0.15, -0.1) is 0 Å². The molecule has 1 aromatic carbocycles. The summed E-state index contributed by atoms with van der Waals surface area (Å²) in [7, 11) is 0. The number of anilines is 2. The summed E-state index contributed by atoms with van der Waals surface area (Å²) in [6.07, 6.45) is 1.14. The van der Waals surface area contributed by atoms with Gasteiger partial charge in [-0.05, 0) is 43.2 Å². The Morgan fingerprint density at radius 1 is 1.19 bits per heavy atom. The molecule has 132 valence electrons. The van der Waals surface area contributed by atoms with Gasteiger partial charge in [-0.25, -0.2) is 14.4 Å². The van der Waals surface area contributed by atoms with E-state index in [9.17, 15) is 4.39 Å². The molecule has 7 heteroatoms. The summed E-state index contributed by atoms with van der Waals surface area (Å²) in [5.74, 6) is 0.720. The standard InChI is InChI=1S/C19H15ClFN5.H2/c1-10-7-16(23-17(11(10)2)13-5-3-4-6-15(13)20)24-19-14-8-12(21)9-22-18(14)25-26-19;/h3-9H,1-2H3,(H2,22,23,24,25,26);1H. The van der Waals surface area contributed by atoms with Crippen LogP contribution in [0, 0.1) is 19.7 Å². The second kappa shape index (κ2) is 6.38. The molecule has 0 aliphatic carbocycles. The van der Waals surface area contributed by atoms with Crippen molar-refractivity contribution in [2.75, 3.05) is 5.32 Å². The van der Waals surface area contributed by atoms with Crippen LogP contribution in [0.5, 0.6) is 0 Å². The van der Waals surface area contributed by atoms with Gasteiger partial charge in [0, 0.05) is 12.0 Å². The van der Waals surface area contributed by atoms with E-state index in [1.807, 2.05) is 44.2 Å². The normalized spacial score (nSPS) is 11.1. The number of nitrogens with one attached hydrogen (secondary N) is 2. The molecule has 0 amide bonds. The van der Waals surface area contributed by atoms with Gasteiger partial charge >= 0.3 is 0 Å². The SMILES string of the molecule is Cc1cc(Nc2[nH]nc3ncc(F)cc23)nc(-c2ccccc2Cl)c1C.[HH]. The number of aromatic amines is 1. The molecule has 0 unspecified atom stereocenters. The highest BCUT2D eigenvalue weighted by atomic mass is 35.5. The van der Waals surface area contributed by atoms with E-state index in [1.54, 1.807) is 0 Å². The second-order valence-electron chi connectivity index (χ2n) is 6.03. The number of nitrogens with zero attached hydrogens (tertiary/aromatic N) is 3. The molecule has 26 heavy (non-hydrogen) atoms. The molecule has 2 N–H and O–H groups in total. The lowest BCUT2D eigenvalue weighted by molar-refractivity contribution is 0.624. The maximum atomic E-state index is 13.5. The van der Waals surface area contributed by atoms with E-state index in [0.717, 1.165) is 28.6 Å². The summed E-state index contributed by atoms with van der Waals surface area (Å²) in [6.45, 7) is 4.02. The van der Waals surface area contributed by atoms with Crippen LogP contribution in [0.3, 0.4) is 0 Å². The first-order valence-electron chi connectivity index (χ1n) is 8.02. The molecule has 5 nitrogen and oxygen atoms in total. The van der Waals surface area contributed by atoms with Gasteiger partial charge in [-0.3, -0.25) is 5.10 Å². The predicted molar refractivity (Wildman–Crippen MR) is 103 cm³/mol. The highest BCUT2D eigenvalue weighted by Crippen LogP contribution is 2.32. The molecular weight excluding hydrogens is 353 g/mol. The van der Waals surface area contributed by atoms with Gasteiger partial charge in [0.05, 0.1) is 17.3 Å². The molecule has 3 heterocycles. The number of benzene rings is 1. The van der Waals surface area contributed by atoms with Crippen molar-refractivity contribution in [2.24, 2.45) is 0 Å². The van der Waals surface area contributed by atoms with Crippen molar-refractivity contribution in [1.29, 1.82) is 0 Å². The number of hydrogen-bond acceptors (Lipinski definition) is 4. The molecule has 0 spiro atoms. The van der Waals surface area contributed by atoms with Gasteiger partial charge in [0.15, 0.2) is 5.65 Å². The predicted octanol–water partition coefficient (Wildman–Crippen LogP) is 5.42. The van der Waals surface area contributed by atoms with Crippen LogP contribution >= 0.6 is 11.6 Å². The summed E-state index contributed by atoms with van der Waals surface area (Å²) in [5.41, 5.74) is 4.20. The van der Waals surface area contributed by atoms with Gasteiger partial charge in [0.1, 0.15) is 17.5 Å². The maximum absolute atomic E-state index is 13.5. The summed E-state index contributed by atoms with van der Waals surface area (Å²) < 4.78 is 13.5. The van der Waals surface area contributed by atoms with Crippen LogP contribution in [-0.4, -0.2) is 20.2 Å². The van der Waals surface area contributed by atoms with E-state index in [-0.39, 0.29) is 1.43 Å². The van der Waals surface area contributed by atoms with E-state index in [4.69, 9.17) is 16.6 Å². The van der Waals surface area contributed by atoms with Crippen molar-refractivity contribution in [1.82, 2.24) is 20.2 Å². The number of aryl methyl sites for hydroxylation is 1. The highest BCUT2D eigenvalue weighted by molar-refractivity contribution is 6.33. The quantitative estimate of drug-likeness (QED) is 0.506. The topological polar surface area (TPSA) is 66.5 Å². The highest BCUT2D eigenvalue weighted by Gasteiger charge is 2.13. The lowest BCUT2D eigenvalue weighted by Gasteiger charge is -2.13. The summed E-state index contributed by atoms with van der Waals surface area (Å²) in [6, 6.07) is 10.9. The van der Waals surface area contributed by atoms with Gasteiger partial charge in [-0.2, -0.15) is 5.10 Å². The van der Waals surface area contributed by atoms with E-state index in [1.165, 1.54) is 6.07 Å². The number of fused-ring (bicyclic) bond motifs is 1. The Morgan fingerprint density at radius 3 is 2.81 bits per heavy atom. The van der Waals surface area contributed by atoms with Crippen molar-refractivity contribution in [3.05, 3.63) is 64.6 Å². The number of halogens is 2. The molecule has 0 saturated heterocycles. The Morgan fingerprint density at radius 2 is 2.00 bits per heavy atom. The summed E-state index contributed by atoms with van der Waals surface area (Å²) in [4.78, 5) is 8.67. The number of aromatic nitrogens is 4. The van der Waals surface area contributed by atoms with E-state index in [2.05, 4.69) is 20.5 Å². The zero-order chi connectivity index (χ0) is 18.3. The molecule has 4 rings (SSSR count). The maximum Gasteiger partial charge on any atom is 0.183 e. The third-order valence-electron chi connectivity index (χ3n) is 4.29. The summed E-state index contributed by atoms with van der Waals surface area (Å²) >= 11 is 6.35.